The summed E-state index contributed by atoms with van der Waals surface area (Å²) in [5.74, 6) is 0. The second kappa shape index (κ2) is 5.71. The highest BCUT2D eigenvalue weighted by atomic mass is 35.5. The Morgan fingerprint density at radius 3 is 2.58 bits per heavy atom. The summed E-state index contributed by atoms with van der Waals surface area (Å²) in [5.41, 5.74) is 2.20. The molecule has 1 N–H and O–H groups in total. The molecule has 1 aromatic carbocycles. The lowest BCUT2D eigenvalue weighted by Crippen LogP contribution is -2.04. The highest BCUT2D eigenvalue weighted by Gasteiger charge is 2.19. The van der Waals surface area contributed by atoms with Gasteiger partial charge in [-0.1, -0.05) is 46.9 Å². The number of nitrogens with zero attached hydrogens (tertiary/aromatic N) is 2. The Hall–Kier alpha value is -0.740. The molecule has 1 atom stereocenters. The van der Waals surface area contributed by atoms with E-state index >= 15 is 0 Å². The van der Waals surface area contributed by atoms with Crippen molar-refractivity contribution in [3.05, 3.63) is 50.2 Å². The largest absolute Gasteiger partial charge is 0.388 e. The van der Waals surface area contributed by atoms with Crippen molar-refractivity contribution in [2.75, 3.05) is 0 Å². The molecule has 0 amide bonds. The number of aryl methyl sites for hydroxylation is 2. The fraction of sp³-hybridized carbons (Fsp3) is 0.308. The van der Waals surface area contributed by atoms with Gasteiger partial charge in [0.05, 0.1) is 21.8 Å². The Bertz CT molecular complexity index is 610. The number of rotatable bonds is 3. The van der Waals surface area contributed by atoms with Gasteiger partial charge in [-0.05, 0) is 13.0 Å². The van der Waals surface area contributed by atoms with Gasteiger partial charge in [0, 0.05) is 24.6 Å². The van der Waals surface area contributed by atoms with Crippen LogP contribution in [0.2, 0.25) is 15.2 Å². The van der Waals surface area contributed by atoms with Crippen LogP contribution >= 0.6 is 34.8 Å². The first-order chi connectivity index (χ1) is 8.91. The number of aliphatic hydroxyl groups is 1. The van der Waals surface area contributed by atoms with Crippen LogP contribution in [-0.2, 0) is 13.5 Å². The summed E-state index contributed by atoms with van der Waals surface area (Å²) < 4.78 is 1.58. The van der Waals surface area contributed by atoms with Crippen LogP contribution in [0.25, 0.3) is 0 Å². The molecule has 2 rings (SSSR count). The lowest BCUT2D eigenvalue weighted by molar-refractivity contribution is 0.178. The lowest BCUT2D eigenvalue weighted by atomic mass is 10.0. The third kappa shape index (κ3) is 2.90. The van der Waals surface area contributed by atoms with Crippen molar-refractivity contribution < 1.29 is 5.11 Å². The second-order valence-corrected chi connectivity index (χ2v) is 5.48. The third-order valence-corrected chi connectivity index (χ3v) is 4.31. The van der Waals surface area contributed by atoms with Crippen LogP contribution in [0.3, 0.4) is 0 Å². The molecular formula is C13H13Cl3N2O. The van der Waals surface area contributed by atoms with Crippen LogP contribution in [0.1, 0.15) is 22.9 Å². The lowest BCUT2D eigenvalue weighted by Gasteiger charge is -2.13. The zero-order valence-corrected chi connectivity index (χ0v) is 12.8. The predicted molar refractivity (Wildman–Crippen MR) is 78.1 cm³/mol. The summed E-state index contributed by atoms with van der Waals surface area (Å²) in [7, 11) is 1.76. The van der Waals surface area contributed by atoms with Gasteiger partial charge in [0.15, 0.2) is 0 Å². The molecule has 0 spiro atoms. The molecule has 0 saturated carbocycles. The number of benzene rings is 1. The number of aromatic nitrogens is 2. The first-order valence-corrected chi connectivity index (χ1v) is 6.85. The van der Waals surface area contributed by atoms with Gasteiger partial charge in [-0.25, -0.2) is 0 Å². The van der Waals surface area contributed by atoms with Crippen LogP contribution in [0, 0.1) is 6.92 Å². The highest BCUT2D eigenvalue weighted by Crippen LogP contribution is 2.33. The molecule has 2 aromatic rings. The SMILES string of the molecule is Cc1nn(C)c(Cl)c1CC(O)c1cccc(Cl)c1Cl. The van der Waals surface area contributed by atoms with Crippen molar-refractivity contribution in [2.24, 2.45) is 7.05 Å². The molecular weight excluding hydrogens is 307 g/mol. The van der Waals surface area contributed by atoms with E-state index in [1.165, 1.54) is 0 Å². The van der Waals surface area contributed by atoms with Gasteiger partial charge in [0.2, 0.25) is 0 Å². The molecule has 1 aromatic heterocycles. The minimum atomic E-state index is -0.772. The normalized spacial score (nSPS) is 12.7. The van der Waals surface area contributed by atoms with Gasteiger partial charge < -0.3 is 5.11 Å². The molecule has 102 valence electrons. The van der Waals surface area contributed by atoms with Crippen LogP contribution < -0.4 is 0 Å². The fourth-order valence-electron chi connectivity index (χ4n) is 1.99. The van der Waals surface area contributed by atoms with Crippen molar-refractivity contribution in [2.45, 2.75) is 19.4 Å². The average molecular weight is 320 g/mol. The monoisotopic (exact) mass is 318 g/mol. The minimum Gasteiger partial charge on any atom is -0.388 e. The van der Waals surface area contributed by atoms with Crippen molar-refractivity contribution in [1.29, 1.82) is 0 Å². The molecule has 0 aliphatic heterocycles. The maximum atomic E-state index is 10.3. The predicted octanol–water partition coefficient (Wildman–Crippen LogP) is 3.96. The van der Waals surface area contributed by atoms with Crippen molar-refractivity contribution in [3.63, 3.8) is 0 Å². The molecule has 3 nitrogen and oxygen atoms in total. The van der Waals surface area contributed by atoms with Gasteiger partial charge in [0.25, 0.3) is 0 Å². The summed E-state index contributed by atoms with van der Waals surface area (Å²) in [4.78, 5) is 0. The molecule has 1 unspecified atom stereocenters. The Kier molecular flexibility index (Phi) is 4.41. The van der Waals surface area contributed by atoms with E-state index in [0.29, 0.717) is 27.2 Å². The maximum absolute atomic E-state index is 10.3. The second-order valence-electron chi connectivity index (χ2n) is 4.34. The average Bonchev–Trinajstić information content (AvgIpc) is 2.59. The van der Waals surface area contributed by atoms with E-state index in [1.807, 2.05) is 6.92 Å². The smallest absolute Gasteiger partial charge is 0.130 e. The Balaban J connectivity index is 2.31. The highest BCUT2D eigenvalue weighted by molar-refractivity contribution is 6.42. The van der Waals surface area contributed by atoms with Crippen LogP contribution in [-0.4, -0.2) is 14.9 Å². The van der Waals surface area contributed by atoms with Crippen LogP contribution in [0.15, 0.2) is 18.2 Å². The van der Waals surface area contributed by atoms with E-state index in [0.717, 1.165) is 11.3 Å². The van der Waals surface area contributed by atoms with Crippen LogP contribution in [0.4, 0.5) is 0 Å². The molecule has 1 heterocycles. The van der Waals surface area contributed by atoms with Gasteiger partial charge in [0.1, 0.15) is 5.15 Å². The Morgan fingerprint density at radius 2 is 2.00 bits per heavy atom. The maximum Gasteiger partial charge on any atom is 0.130 e. The molecule has 0 aliphatic rings. The summed E-state index contributed by atoms with van der Waals surface area (Å²) in [6.45, 7) is 1.85. The van der Waals surface area contributed by atoms with Crippen molar-refractivity contribution >= 4 is 34.8 Å². The Labute approximate surface area is 126 Å². The molecule has 0 aliphatic carbocycles. The molecule has 0 radical (unpaired) electrons. The van der Waals surface area contributed by atoms with E-state index in [-0.39, 0.29) is 0 Å². The van der Waals surface area contributed by atoms with Gasteiger partial charge in [-0.15, -0.1) is 0 Å². The molecule has 0 bridgehead atoms. The van der Waals surface area contributed by atoms with E-state index < -0.39 is 6.10 Å². The minimum absolute atomic E-state index is 0.346. The van der Waals surface area contributed by atoms with Crippen molar-refractivity contribution in [1.82, 2.24) is 9.78 Å². The number of hydrogen-bond donors (Lipinski definition) is 1. The molecule has 0 fully saturated rings. The third-order valence-electron chi connectivity index (χ3n) is 3.01. The first-order valence-electron chi connectivity index (χ1n) is 5.71. The summed E-state index contributed by atoms with van der Waals surface area (Å²) in [5, 5.41) is 15.8. The Morgan fingerprint density at radius 1 is 1.32 bits per heavy atom. The number of hydrogen-bond acceptors (Lipinski definition) is 2. The first kappa shape index (κ1) is 14.7. The molecule has 0 saturated heterocycles. The molecule has 6 heteroatoms. The van der Waals surface area contributed by atoms with E-state index in [9.17, 15) is 5.11 Å². The summed E-state index contributed by atoms with van der Waals surface area (Å²) >= 11 is 18.2. The standard InChI is InChI=1S/C13H13Cl3N2O/c1-7-9(13(16)18(2)17-7)6-11(19)8-4-3-5-10(14)12(8)15/h3-5,11,19H,6H2,1-2H3. The fourth-order valence-corrected chi connectivity index (χ4v) is 2.67. The van der Waals surface area contributed by atoms with E-state index in [4.69, 9.17) is 34.8 Å². The van der Waals surface area contributed by atoms with Gasteiger partial charge >= 0.3 is 0 Å². The zero-order chi connectivity index (χ0) is 14.2. The number of aliphatic hydroxyl groups excluding tert-OH is 1. The van der Waals surface area contributed by atoms with Crippen molar-refractivity contribution in [3.8, 4) is 0 Å². The topological polar surface area (TPSA) is 38.0 Å². The quantitative estimate of drug-likeness (QED) is 0.929. The summed E-state index contributed by atoms with van der Waals surface area (Å²) in [6, 6.07) is 5.19. The number of halogens is 3. The van der Waals surface area contributed by atoms with Gasteiger partial charge in [-0.2, -0.15) is 5.10 Å². The van der Waals surface area contributed by atoms with E-state index in [1.54, 1.807) is 29.9 Å². The zero-order valence-electron chi connectivity index (χ0n) is 10.5. The van der Waals surface area contributed by atoms with Crippen LogP contribution in [0.5, 0.6) is 0 Å². The van der Waals surface area contributed by atoms with Gasteiger partial charge in [-0.3, -0.25) is 4.68 Å². The summed E-state index contributed by atoms with van der Waals surface area (Å²) in [6.07, 6.45) is -0.426. The molecule has 19 heavy (non-hydrogen) atoms. The van der Waals surface area contributed by atoms with E-state index in [2.05, 4.69) is 5.10 Å².